The summed E-state index contributed by atoms with van der Waals surface area (Å²) in [6.07, 6.45) is 1.61. The first-order valence-electron chi connectivity index (χ1n) is 18.4. The molecule has 6 heteroatoms. The monoisotopic (exact) mass is 879 g/mol. The zero-order valence-corrected chi connectivity index (χ0v) is 31.9. The van der Waals surface area contributed by atoms with E-state index < -0.39 is 38.2 Å². The number of benzene rings is 4. The average Bonchev–Trinajstić information content (AvgIpc) is 3.50. The second-order valence-electron chi connectivity index (χ2n) is 12.6. The smallest absolute Gasteiger partial charge is 0 e. The van der Waals surface area contributed by atoms with Gasteiger partial charge in [-0.15, -0.1) is 18.2 Å². The van der Waals surface area contributed by atoms with E-state index in [0.29, 0.717) is 11.1 Å². The first kappa shape index (κ1) is 28.0. The molecule has 1 radical (unpaired) electrons. The van der Waals surface area contributed by atoms with Crippen molar-refractivity contribution in [3.05, 3.63) is 150 Å². The van der Waals surface area contributed by atoms with Gasteiger partial charge in [-0.2, -0.15) is 0 Å². The van der Waals surface area contributed by atoms with Crippen molar-refractivity contribution < 1.29 is 37.1 Å². The zero-order valence-electron chi connectivity index (χ0n) is 33.4. The van der Waals surface area contributed by atoms with Crippen LogP contribution in [0.25, 0.3) is 44.5 Å². The minimum absolute atomic E-state index is 0. The fraction of sp³-hybridized carbons (Fsp3) is 0.190. The largest absolute Gasteiger partial charge is 0 e. The van der Waals surface area contributed by atoms with Crippen LogP contribution in [0.4, 0.5) is 4.39 Å². The third-order valence-electron chi connectivity index (χ3n) is 7.85. The number of para-hydroxylation sites is 1. The Morgan fingerprint density at radius 1 is 0.896 bits per heavy atom. The summed E-state index contributed by atoms with van der Waals surface area (Å²) in [4.78, 5) is 8.87. The van der Waals surface area contributed by atoms with Gasteiger partial charge >= 0.3 is 159 Å². The molecular formula is C42H39FGeIrN2O-2. The molecule has 0 N–H and O–H groups in total. The molecule has 245 valence electrons. The molecule has 7 rings (SSSR count). The Bertz CT molecular complexity index is 2420. The van der Waals surface area contributed by atoms with Crippen LogP contribution in [0.1, 0.15) is 50.2 Å². The first-order valence-corrected chi connectivity index (χ1v) is 22.8. The van der Waals surface area contributed by atoms with Crippen molar-refractivity contribution in [3.63, 3.8) is 0 Å². The van der Waals surface area contributed by atoms with E-state index in [0.717, 1.165) is 49.2 Å². The Labute approximate surface area is 307 Å². The number of aryl methyl sites for hydroxylation is 1. The summed E-state index contributed by atoms with van der Waals surface area (Å²) in [6, 6.07) is 34.4. The van der Waals surface area contributed by atoms with Gasteiger partial charge in [0, 0.05) is 33.1 Å². The van der Waals surface area contributed by atoms with Crippen LogP contribution < -0.4 is 4.40 Å². The Morgan fingerprint density at radius 2 is 1.65 bits per heavy atom. The molecule has 0 saturated heterocycles. The predicted molar refractivity (Wildman–Crippen MR) is 195 cm³/mol. The van der Waals surface area contributed by atoms with Crippen molar-refractivity contribution in [2.75, 3.05) is 0 Å². The van der Waals surface area contributed by atoms with E-state index in [4.69, 9.17) is 12.6 Å². The van der Waals surface area contributed by atoms with Crippen LogP contribution in [0.3, 0.4) is 0 Å². The summed E-state index contributed by atoms with van der Waals surface area (Å²) >= 11 is -2.53. The molecule has 3 heterocycles. The fourth-order valence-electron chi connectivity index (χ4n) is 5.39. The number of rotatable bonds is 6. The minimum atomic E-state index is -2.53. The van der Waals surface area contributed by atoms with Gasteiger partial charge in [0.25, 0.3) is 0 Å². The number of pyridine rings is 2. The van der Waals surface area contributed by atoms with Gasteiger partial charge in [0.15, 0.2) is 0 Å². The number of aromatic nitrogens is 2. The molecule has 0 aliphatic carbocycles. The molecule has 0 amide bonds. The zero-order chi connectivity index (χ0) is 38.3. The third kappa shape index (κ3) is 7.86. The molecule has 48 heavy (non-hydrogen) atoms. The van der Waals surface area contributed by atoms with Crippen LogP contribution in [0, 0.1) is 24.8 Å². The van der Waals surface area contributed by atoms with Crippen LogP contribution in [0.5, 0.6) is 0 Å². The van der Waals surface area contributed by atoms with Gasteiger partial charge < -0.3 is 9.40 Å². The maximum Gasteiger partial charge on any atom is 0 e. The molecule has 0 aliphatic heterocycles. The Hall–Kier alpha value is -3.90. The number of fused-ring (bicyclic) bond motifs is 3. The molecule has 0 spiro atoms. The number of hydrogen-bond acceptors (Lipinski definition) is 3. The molecule has 0 bridgehead atoms. The fourth-order valence-corrected chi connectivity index (χ4v) is 8.32. The van der Waals surface area contributed by atoms with Crippen LogP contribution >= 0.6 is 0 Å². The van der Waals surface area contributed by atoms with Crippen LogP contribution in [0.15, 0.2) is 114 Å². The molecule has 3 nitrogen and oxygen atoms in total. The molecule has 4 aromatic carbocycles. The van der Waals surface area contributed by atoms with Crippen LogP contribution in [0.2, 0.25) is 17.3 Å². The second kappa shape index (κ2) is 15.1. The summed E-state index contributed by atoms with van der Waals surface area (Å²) in [5, 5.41) is 2.15. The number of hydrogen-bond donors (Lipinski definition) is 0. The second-order valence-corrected chi connectivity index (χ2v) is 23.2. The van der Waals surface area contributed by atoms with E-state index >= 15 is 0 Å². The standard InChI is InChI=1S/C22H23FGeN.C20H16NO.Ir/c1-16-10-11-19(20(23)12-16)22-14-18(13-17-8-6-5-7-9-17)21(15-25-22)24(2,3)4;1-13(2)14-10-11-21-18(12-14)17-8-5-7-16-15-6-3-4-9-19(15)22-20(16)17;/h5-10,12,14-15H,13H2,1-4H3;3-7,9-13H,1-2H3;/q2*-1;/i1D3,13D2;13D;. The SMILES string of the molecule is [2H]C(C)(C)c1ccnc(-c2[c-]ccc3c2oc2ccccc23)c1.[2H]C([2H])([2H])c1c[c-]c(-c2cc(C([2H])([2H])c3ccccc3)[c]([Ge]([CH3])([CH3])[CH3])cn2)c(F)c1.[Ir]. The van der Waals surface area contributed by atoms with Crippen molar-refractivity contribution in [1.82, 2.24) is 9.97 Å². The van der Waals surface area contributed by atoms with Gasteiger partial charge in [-0.3, -0.25) is 0 Å². The van der Waals surface area contributed by atoms with Gasteiger partial charge in [0.2, 0.25) is 0 Å². The van der Waals surface area contributed by atoms with Crippen molar-refractivity contribution in [2.45, 2.75) is 50.2 Å². The van der Waals surface area contributed by atoms with E-state index in [1.165, 1.54) is 6.07 Å². The predicted octanol–water partition coefficient (Wildman–Crippen LogP) is 10.7. The Kier molecular flexibility index (Phi) is 8.81. The van der Waals surface area contributed by atoms with Crippen molar-refractivity contribution in [2.24, 2.45) is 0 Å². The van der Waals surface area contributed by atoms with Gasteiger partial charge in [0.1, 0.15) is 5.58 Å². The average molecular weight is 878 g/mol. The Balaban J connectivity index is 0.000000210. The normalized spacial score (nSPS) is 14.0. The summed E-state index contributed by atoms with van der Waals surface area (Å²) < 4.78 is 69.9. The molecule has 0 fully saturated rings. The summed E-state index contributed by atoms with van der Waals surface area (Å²) in [5.41, 5.74) is 5.31. The summed E-state index contributed by atoms with van der Waals surface area (Å²) in [5.74, 6) is 5.05. The molecule has 0 saturated carbocycles. The molecule has 3 aromatic heterocycles. The molecule has 0 unspecified atom stereocenters. The van der Waals surface area contributed by atoms with E-state index in [-0.39, 0.29) is 36.9 Å². The topological polar surface area (TPSA) is 38.9 Å². The molecule has 0 atom stereocenters. The number of nitrogens with zero attached hydrogens (tertiary/aromatic N) is 2. The maximum absolute atomic E-state index is 14.7. The van der Waals surface area contributed by atoms with Gasteiger partial charge in [-0.05, 0) is 23.7 Å². The molecule has 7 aromatic rings. The van der Waals surface area contributed by atoms with Crippen LogP contribution in [-0.4, -0.2) is 23.2 Å². The van der Waals surface area contributed by atoms with Crippen molar-refractivity contribution in [3.8, 4) is 22.5 Å². The summed E-state index contributed by atoms with van der Waals surface area (Å²) in [7, 11) is 0. The van der Waals surface area contributed by atoms with E-state index in [1.807, 2.05) is 62.4 Å². The minimum Gasteiger partial charge on any atom is 0 e. The van der Waals surface area contributed by atoms with E-state index in [9.17, 15) is 4.39 Å². The summed E-state index contributed by atoms with van der Waals surface area (Å²) in [6.45, 7) is 1.32. The first-order chi connectivity index (χ1) is 24.9. The Morgan fingerprint density at radius 3 is 2.38 bits per heavy atom. The van der Waals surface area contributed by atoms with Gasteiger partial charge in [-0.1, -0.05) is 54.6 Å². The van der Waals surface area contributed by atoms with Gasteiger partial charge in [-0.25, -0.2) is 0 Å². The maximum atomic E-state index is 14.7. The quantitative estimate of drug-likeness (QED) is 0.123. The van der Waals surface area contributed by atoms with Gasteiger partial charge in [0.05, 0.1) is 5.58 Å². The number of furan rings is 1. The van der Waals surface area contributed by atoms with Crippen molar-refractivity contribution in [1.29, 1.82) is 0 Å². The van der Waals surface area contributed by atoms with E-state index in [1.54, 1.807) is 42.7 Å². The molecular weight excluding hydrogens is 832 g/mol. The third-order valence-corrected chi connectivity index (χ3v) is 12.1. The number of halogens is 1. The van der Waals surface area contributed by atoms with Crippen LogP contribution in [-0.2, 0) is 26.5 Å². The molecule has 0 aliphatic rings. The van der Waals surface area contributed by atoms with E-state index in [2.05, 4.69) is 45.4 Å². The van der Waals surface area contributed by atoms with Crippen molar-refractivity contribution >= 4 is 39.6 Å².